The molecule has 2 atom stereocenters. The second-order valence-corrected chi connectivity index (χ2v) is 5.00. The summed E-state index contributed by atoms with van der Waals surface area (Å²) in [6.07, 6.45) is 1.29. The van der Waals surface area contributed by atoms with Crippen LogP contribution in [0.5, 0.6) is 0 Å². The highest BCUT2D eigenvalue weighted by molar-refractivity contribution is 9.10. The minimum Gasteiger partial charge on any atom is -0.0884 e. The predicted molar refractivity (Wildman–Crippen MR) is 54.2 cm³/mol. The molecule has 11 heavy (non-hydrogen) atoms. The van der Waals surface area contributed by atoms with Gasteiger partial charge in [0.2, 0.25) is 0 Å². The Bertz CT molecular complexity index is 253. The number of hydrogen-bond acceptors (Lipinski definition) is 0. The molecule has 0 saturated heterocycles. The predicted octanol–water partition coefficient (Wildman–Crippen LogP) is 3.70. The Morgan fingerprint density at radius 2 is 1.73 bits per heavy atom. The molecule has 58 valence electrons. The number of hydrogen-bond donors (Lipinski definition) is 0. The monoisotopic (exact) mass is 274 g/mol. The second-order valence-electron chi connectivity index (χ2n) is 2.91. The number of benzene rings is 1. The molecule has 0 N–H and O–H groups in total. The van der Waals surface area contributed by atoms with E-state index >= 15 is 0 Å². The molecule has 1 aromatic rings. The first kappa shape index (κ1) is 7.81. The summed E-state index contributed by atoms with van der Waals surface area (Å²) in [5, 5.41) is 0. The molecule has 0 heterocycles. The molecule has 0 amide bonds. The average molecular weight is 276 g/mol. The highest BCUT2D eigenvalue weighted by Crippen LogP contribution is 2.46. The van der Waals surface area contributed by atoms with Crippen molar-refractivity contribution in [2.75, 3.05) is 0 Å². The first-order chi connectivity index (χ1) is 5.27. The molecule has 0 unspecified atom stereocenters. The molecule has 0 spiro atoms. The van der Waals surface area contributed by atoms with Gasteiger partial charge >= 0.3 is 0 Å². The van der Waals surface area contributed by atoms with E-state index in [0.717, 1.165) is 15.2 Å². The summed E-state index contributed by atoms with van der Waals surface area (Å²) in [5.41, 5.74) is 1.45. The van der Waals surface area contributed by atoms with Gasteiger partial charge in [0.15, 0.2) is 0 Å². The minimum atomic E-state index is 0.726. The van der Waals surface area contributed by atoms with Gasteiger partial charge in [0.1, 0.15) is 0 Å². The van der Waals surface area contributed by atoms with Gasteiger partial charge in [0, 0.05) is 9.30 Å². The highest BCUT2D eigenvalue weighted by Gasteiger charge is 2.35. The van der Waals surface area contributed by atoms with Crippen molar-refractivity contribution in [1.82, 2.24) is 0 Å². The van der Waals surface area contributed by atoms with E-state index < -0.39 is 0 Å². The van der Waals surface area contributed by atoms with Crippen LogP contribution in [0.2, 0.25) is 0 Å². The second kappa shape index (κ2) is 2.91. The summed E-state index contributed by atoms with van der Waals surface area (Å²) < 4.78 is 1.16. The summed E-state index contributed by atoms with van der Waals surface area (Å²) in [5.74, 6) is 0.767. The molecule has 0 aromatic heterocycles. The third-order valence-corrected chi connectivity index (χ3v) is 3.55. The van der Waals surface area contributed by atoms with Crippen LogP contribution < -0.4 is 0 Å². The topological polar surface area (TPSA) is 0 Å². The zero-order valence-electron chi connectivity index (χ0n) is 5.93. The largest absolute Gasteiger partial charge is 0.0884 e. The molecule has 1 fully saturated rings. The quantitative estimate of drug-likeness (QED) is 0.686. The number of rotatable bonds is 1. The first-order valence-corrected chi connectivity index (χ1v) is 5.38. The average Bonchev–Trinajstić information content (AvgIpc) is 2.69. The Morgan fingerprint density at radius 1 is 1.18 bits per heavy atom. The third kappa shape index (κ3) is 1.67. The lowest BCUT2D eigenvalue weighted by Gasteiger charge is -1.96. The van der Waals surface area contributed by atoms with E-state index in [1.165, 1.54) is 12.0 Å². The zero-order chi connectivity index (χ0) is 7.84. The van der Waals surface area contributed by atoms with Crippen LogP contribution in [0.3, 0.4) is 0 Å². The maximum absolute atomic E-state index is 3.59. The molecule has 0 aliphatic heterocycles. The standard InChI is InChI=1S/C9H8Br2/c10-7-3-1-6(2-4-7)8-5-9(8)11/h1-4,8-9H,5H2/t8-,9-/m0/s1. The highest BCUT2D eigenvalue weighted by atomic mass is 79.9. The Labute approximate surface area is 83.3 Å². The van der Waals surface area contributed by atoms with Crippen molar-refractivity contribution in [1.29, 1.82) is 0 Å². The van der Waals surface area contributed by atoms with E-state index in [9.17, 15) is 0 Å². The Hall–Kier alpha value is 0.180. The van der Waals surface area contributed by atoms with E-state index in [0.29, 0.717) is 0 Å². The summed E-state index contributed by atoms with van der Waals surface area (Å²) >= 11 is 7.01. The zero-order valence-corrected chi connectivity index (χ0v) is 9.10. The van der Waals surface area contributed by atoms with Crippen LogP contribution in [-0.4, -0.2) is 4.83 Å². The van der Waals surface area contributed by atoms with Crippen molar-refractivity contribution in [2.45, 2.75) is 17.2 Å². The van der Waals surface area contributed by atoms with Crippen LogP contribution in [0.1, 0.15) is 17.9 Å². The van der Waals surface area contributed by atoms with Gasteiger partial charge in [0.05, 0.1) is 0 Å². The van der Waals surface area contributed by atoms with E-state index in [2.05, 4.69) is 56.1 Å². The summed E-state index contributed by atoms with van der Waals surface area (Å²) in [6, 6.07) is 8.59. The van der Waals surface area contributed by atoms with Gasteiger partial charge < -0.3 is 0 Å². The van der Waals surface area contributed by atoms with E-state index in [1.54, 1.807) is 0 Å². The molecule has 0 bridgehead atoms. The fraction of sp³-hybridized carbons (Fsp3) is 0.333. The molecule has 1 aliphatic rings. The molecular formula is C9H8Br2. The molecule has 1 aromatic carbocycles. The van der Waals surface area contributed by atoms with Crippen molar-refractivity contribution < 1.29 is 0 Å². The minimum absolute atomic E-state index is 0.726. The van der Waals surface area contributed by atoms with Gasteiger partial charge in [-0.05, 0) is 30.0 Å². The fourth-order valence-corrected chi connectivity index (χ4v) is 2.19. The van der Waals surface area contributed by atoms with Gasteiger partial charge in [-0.2, -0.15) is 0 Å². The normalized spacial score (nSPS) is 28.5. The molecule has 0 nitrogen and oxygen atoms in total. The van der Waals surface area contributed by atoms with Crippen molar-refractivity contribution in [3.05, 3.63) is 34.3 Å². The Morgan fingerprint density at radius 3 is 2.18 bits per heavy atom. The molecule has 2 heteroatoms. The van der Waals surface area contributed by atoms with E-state index in [-0.39, 0.29) is 0 Å². The molecule has 1 saturated carbocycles. The van der Waals surface area contributed by atoms with E-state index in [1.807, 2.05) is 0 Å². The lowest BCUT2D eigenvalue weighted by molar-refractivity contribution is 1.14. The Balaban J connectivity index is 2.21. The number of alkyl halides is 1. The number of halogens is 2. The maximum atomic E-state index is 3.59. The smallest absolute Gasteiger partial charge is 0.0221 e. The Kier molecular flexibility index (Phi) is 2.06. The fourth-order valence-electron chi connectivity index (χ4n) is 1.22. The summed E-state index contributed by atoms with van der Waals surface area (Å²) in [7, 11) is 0. The maximum Gasteiger partial charge on any atom is 0.0221 e. The molecule has 1 aliphatic carbocycles. The van der Waals surface area contributed by atoms with Gasteiger partial charge in [-0.15, -0.1) is 0 Å². The van der Waals surface area contributed by atoms with Crippen LogP contribution >= 0.6 is 31.9 Å². The summed E-state index contributed by atoms with van der Waals surface area (Å²) in [4.78, 5) is 0.726. The van der Waals surface area contributed by atoms with Crippen LogP contribution in [0.4, 0.5) is 0 Å². The summed E-state index contributed by atoms with van der Waals surface area (Å²) in [6.45, 7) is 0. The van der Waals surface area contributed by atoms with Gasteiger partial charge in [0.25, 0.3) is 0 Å². The SMILES string of the molecule is Brc1ccc([C@@H]2C[C@@H]2Br)cc1. The van der Waals surface area contributed by atoms with Gasteiger partial charge in [-0.1, -0.05) is 44.0 Å². The van der Waals surface area contributed by atoms with Crippen molar-refractivity contribution in [3.63, 3.8) is 0 Å². The van der Waals surface area contributed by atoms with Crippen LogP contribution in [-0.2, 0) is 0 Å². The molecule has 2 rings (SSSR count). The van der Waals surface area contributed by atoms with Crippen LogP contribution in [0, 0.1) is 0 Å². The molecule has 0 radical (unpaired) electrons. The van der Waals surface area contributed by atoms with Gasteiger partial charge in [-0.3, -0.25) is 0 Å². The van der Waals surface area contributed by atoms with E-state index in [4.69, 9.17) is 0 Å². The molecular weight excluding hydrogens is 268 g/mol. The van der Waals surface area contributed by atoms with Crippen LogP contribution in [0.15, 0.2) is 28.7 Å². The lowest BCUT2D eigenvalue weighted by Crippen LogP contribution is -1.79. The van der Waals surface area contributed by atoms with Crippen molar-refractivity contribution in [3.8, 4) is 0 Å². The third-order valence-electron chi connectivity index (χ3n) is 2.01. The lowest BCUT2D eigenvalue weighted by atomic mass is 10.1. The van der Waals surface area contributed by atoms with Crippen molar-refractivity contribution >= 4 is 31.9 Å². The van der Waals surface area contributed by atoms with Gasteiger partial charge in [-0.25, -0.2) is 0 Å². The van der Waals surface area contributed by atoms with Crippen LogP contribution in [0.25, 0.3) is 0 Å². The van der Waals surface area contributed by atoms with Crippen molar-refractivity contribution in [2.24, 2.45) is 0 Å². The first-order valence-electron chi connectivity index (χ1n) is 3.67.